The molecule has 1 fully saturated rings. The van der Waals surface area contributed by atoms with Gasteiger partial charge in [-0.2, -0.15) is 0 Å². The third kappa shape index (κ3) is 5.47. The zero-order chi connectivity index (χ0) is 24.9. The van der Waals surface area contributed by atoms with Gasteiger partial charge in [0.05, 0.1) is 11.4 Å². The summed E-state index contributed by atoms with van der Waals surface area (Å²) in [6.45, 7) is 3.38. The quantitative estimate of drug-likeness (QED) is 0.510. The maximum Gasteiger partial charge on any atom is 0.255 e. The number of ether oxygens (including phenoxy) is 2. The molecule has 8 heteroatoms. The molecule has 0 radical (unpaired) electrons. The molecule has 184 valence electrons. The van der Waals surface area contributed by atoms with E-state index in [0.717, 1.165) is 11.3 Å². The molecule has 2 aliphatic heterocycles. The predicted molar refractivity (Wildman–Crippen MR) is 141 cm³/mol. The normalized spacial score (nSPS) is 15.1. The van der Waals surface area contributed by atoms with E-state index in [1.54, 1.807) is 36.4 Å². The number of rotatable bonds is 5. The van der Waals surface area contributed by atoms with E-state index < -0.39 is 0 Å². The highest BCUT2D eigenvalue weighted by atomic mass is 35.5. The molecule has 5 rings (SSSR count). The lowest BCUT2D eigenvalue weighted by molar-refractivity contribution is -0.126. The SMILES string of the molecule is O=C(Nc1cc(Cl)ccc1N1CCN(C(=O)/C=C/c2ccccc2)CC1)c1ccc2c(c1)OCCO2. The molecule has 0 atom stereocenters. The molecule has 0 saturated carbocycles. The summed E-state index contributed by atoms with van der Waals surface area (Å²) in [4.78, 5) is 29.7. The second kappa shape index (κ2) is 10.7. The highest BCUT2D eigenvalue weighted by Gasteiger charge is 2.23. The number of anilines is 2. The van der Waals surface area contributed by atoms with Crippen molar-refractivity contribution in [1.82, 2.24) is 4.90 Å². The first-order valence-electron chi connectivity index (χ1n) is 11.8. The second-order valence-corrected chi connectivity index (χ2v) is 8.97. The largest absolute Gasteiger partial charge is 0.486 e. The van der Waals surface area contributed by atoms with Crippen LogP contribution in [0.4, 0.5) is 11.4 Å². The van der Waals surface area contributed by atoms with Crippen LogP contribution in [0.2, 0.25) is 5.02 Å². The molecule has 0 bridgehead atoms. The molecule has 1 N–H and O–H groups in total. The van der Waals surface area contributed by atoms with Gasteiger partial charge < -0.3 is 24.6 Å². The summed E-state index contributed by atoms with van der Waals surface area (Å²) in [5, 5.41) is 3.52. The molecule has 2 heterocycles. The molecule has 2 aliphatic rings. The summed E-state index contributed by atoms with van der Waals surface area (Å²) >= 11 is 6.26. The van der Waals surface area contributed by atoms with Gasteiger partial charge in [0, 0.05) is 42.8 Å². The molecule has 0 aromatic heterocycles. The van der Waals surface area contributed by atoms with Crippen molar-refractivity contribution in [2.75, 3.05) is 49.6 Å². The summed E-state index contributed by atoms with van der Waals surface area (Å²) in [5.74, 6) is 0.909. The molecular formula is C28H26ClN3O4. The van der Waals surface area contributed by atoms with Crippen LogP contribution >= 0.6 is 11.6 Å². The minimum atomic E-state index is -0.268. The van der Waals surface area contributed by atoms with Crippen molar-refractivity contribution in [1.29, 1.82) is 0 Å². The van der Waals surface area contributed by atoms with Gasteiger partial charge in [0.25, 0.3) is 5.91 Å². The molecule has 3 aromatic carbocycles. The maximum atomic E-state index is 13.0. The minimum Gasteiger partial charge on any atom is -0.486 e. The van der Waals surface area contributed by atoms with E-state index in [1.165, 1.54) is 0 Å². The Labute approximate surface area is 214 Å². The molecule has 0 aliphatic carbocycles. The van der Waals surface area contributed by atoms with E-state index >= 15 is 0 Å². The minimum absolute atomic E-state index is 0.0123. The van der Waals surface area contributed by atoms with Gasteiger partial charge in [0.15, 0.2) is 11.5 Å². The Balaban J connectivity index is 1.25. The van der Waals surface area contributed by atoms with E-state index in [0.29, 0.717) is 67.2 Å². The average Bonchev–Trinajstić information content (AvgIpc) is 2.92. The number of hydrogen-bond donors (Lipinski definition) is 1. The van der Waals surface area contributed by atoms with Crippen LogP contribution in [0.5, 0.6) is 11.5 Å². The topological polar surface area (TPSA) is 71.1 Å². The summed E-state index contributed by atoms with van der Waals surface area (Å²) in [6, 6.07) is 20.3. The Morgan fingerprint density at radius 3 is 2.39 bits per heavy atom. The van der Waals surface area contributed by atoms with Crippen LogP contribution in [0.3, 0.4) is 0 Å². The average molecular weight is 504 g/mol. The number of amides is 2. The number of benzene rings is 3. The maximum absolute atomic E-state index is 13.0. The lowest BCUT2D eigenvalue weighted by Crippen LogP contribution is -2.48. The molecule has 0 unspecified atom stereocenters. The molecule has 1 saturated heterocycles. The van der Waals surface area contributed by atoms with Crippen LogP contribution in [0.1, 0.15) is 15.9 Å². The number of nitrogens with one attached hydrogen (secondary N) is 1. The first-order valence-corrected chi connectivity index (χ1v) is 12.2. The third-order valence-corrected chi connectivity index (χ3v) is 6.40. The second-order valence-electron chi connectivity index (χ2n) is 8.53. The summed E-state index contributed by atoms with van der Waals surface area (Å²) in [5.41, 5.74) is 2.93. The van der Waals surface area contributed by atoms with Crippen LogP contribution in [-0.2, 0) is 4.79 Å². The zero-order valence-corrected chi connectivity index (χ0v) is 20.4. The number of piperazine rings is 1. The van der Waals surface area contributed by atoms with Crippen LogP contribution < -0.4 is 19.7 Å². The lowest BCUT2D eigenvalue weighted by atomic mass is 10.1. The number of carbonyl (C=O) groups excluding carboxylic acids is 2. The number of carbonyl (C=O) groups is 2. The predicted octanol–water partition coefficient (Wildman–Crippen LogP) is 4.73. The van der Waals surface area contributed by atoms with Gasteiger partial charge in [-0.15, -0.1) is 0 Å². The van der Waals surface area contributed by atoms with Gasteiger partial charge in [-0.05, 0) is 48.0 Å². The van der Waals surface area contributed by atoms with Crippen molar-refractivity contribution in [3.63, 3.8) is 0 Å². The monoisotopic (exact) mass is 503 g/mol. The summed E-state index contributed by atoms with van der Waals surface area (Å²) in [7, 11) is 0. The first kappa shape index (κ1) is 23.8. The fourth-order valence-corrected chi connectivity index (χ4v) is 4.44. The van der Waals surface area contributed by atoms with Gasteiger partial charge in [0.1, 0.15) is 13.2 Å². The standard InChI is InChI=1S/C28H26ClN3O4/c29-22-8-9-24(23(19-22)30-28(34)21-7-10-25-26(18-21)36-17-16-35-25)31-12-14-32(15-13-31)27(33)11-6-20-4-2-1-3-5-20/h1-11,18-19H,12-17H2,(H,30,34)/b11-6+. The van der Waals surface area contributed by atoms with E-state index in [4.69, 9.17) is 21.1 Å². The van der Waals surface area contributed by atoms with Crippen molar-refractivity contribution >= 4 is 40.9 Å². The molecule has 2 amide bonds. The van der Waals surface area contributed by atoms with Crippen molar-refractivity contribution in [2.45, 2.75) is 0 Å². The lowest BCUT2D eigenvalue weighted by Gasteiger charge is -2.36. The van der Waals surface area contributed by atoms with Crippen LogP contribution in [0.15, 0.2) is 72.8 Å². The highest BCUT2D eigenvalue weighted by molar-refractivity contribution is 6.31. The summed E-state index contributed by atoms with van der Waals surface area (Å²) < 4.78 is 11.1. The Morgan fingerprint density at radius 2 is 1.61 bits per heavy atom. The fourth-order valence-electron chi connectivity index (χ4n) is 4.27. The van der Waals surface area contributed by atoms with Gasteiger partial charge >= 0.3 is 0 Å². The smallest absolute Gasteiger partial charge is 0.255 e. The number of hydrogen-bond acceptors (Lipinski definition) is 5. The van der Waals surface area contributed by atoms with Crippen LogP contribution in [0.25, 0.3) is 6.08 Å². The first-order chi connectivity index (χ1) is 17.6. The molecule has 0 spiro atoms. The Hall–Kier alpha value is -3.97. The number of nitrogens with zero attached hydrogens (tertiary/aromatic N) is 2. The fraction of sp³-hybridized carbons (Fsp3) is 0.214. The van der Waals surface area contributed by atoms with Gasteiger partial charge in [-0.1, -0.05) is 41.9 Å². The Bertz CT molecular complexity index is 1290. The zero-order valence-electron chi connectivity index (χ0n) is 19.7. The van der Waals surface area contributed by atoms with E-state index in [-0.39, 0.29) is 11.8 Å². The van der Waals surface area contributed by atoms with E-state index in [1.807, 2.05) is 47.4 Å². The van der Waals surface area contributed by atoms with Gasteiger partial charge in [0.2, 0.25) is 5.91 Å². The molecular weight excluding hydrogens is 478 g/mol. The molecule has 36 heavy (non-hydrogen) atoms. The van der Waals surface area contributed by atoms with Crippen molar-refractivity contribution in [3.8, 4) is 11.5 Å². The Morgan fingerprint density at radius 1 is 0.861 bits per heavy atom. The molecule has 7 nitrogen and oxygen atoms in total. The third-order valence-electron chi connectivity index (χ3n) is 6.16. The van der Waals surface area contributed by atoms with Crippen molar-refractivity contribution in [3.05, 3.63) is 89.0 Å². The van der Waals surface area contributed by atoms with Crippen LogP contribution in [-0.4, -0.2) is 56.1 Å². The van der Waals surface area contributed by atoms with Gasteiger partial charge in [-0.25, -0.2) is 0 Å². The van der Waals surface area contributed by atoms with Gasteiger partial charge in [-0.3, -0.25) is 9.59 Å². The van der Waals surface area contributed by atoms with Crippen molar-refractivity contribution < 1.29 is 19.1 Å². The molecule has 3 aromatic rings. The number of halogens is 1. The van der Waals surface area contributed by atoms with E-state index in [9.17, 15) is 9.59 Å². The summed E-state index contributed by atoms with van der Waals surface area (Å²) in [6.07, 6.45) is 3.45. The highest BCUT2D eigenvalue weighted by Crippen LogP contribution is 2.33. The number of fused-ring (bicyclic) bond motifs is 1. The Kier molecular flexibility index (Phi) is 7.09. The van der Waals surface area contributed by atoms with E-state index in [2.05, 4.69) is 10.2 Å². The van der Waals surface area contributed by atoms with Crippen LogP contribution in [0, 0.1) is 0 Å². The van der Waals surface area contributed by atoms with Crippen molar-refractivity contribution in [2.24, 2.45) is 0 Å².